The summed E-state index contributed by atoms with van der Waals surface area (Å²) in [7, 11) is 0. The minimum absolute atomic E-state index is 0.000543. The van der Waals surface area contributed by atoms with Gasteiger partial charge in [0.05, 0.1) is 17.7 Å². The third-order valence-corrected chi connectivity index (χ3v) is 15.9. The van der Waals surface area contributed by atoms with Crippen LogP contribution in [-0.2, 0) is 27.1 Å². The molecule has 0 bridgehead atoms. The van der Waals surface area contributed by atoms with E-state index in [0.29, 0.717) is 6.67 Å². The molecule has 5 nitrogen and oxygen atoms in total. The molecule has 0 saturated heterocycles. The number of aromatic nitrogens is 2. The van der Waals surface area contributed by atoms with Crippen molar-refractivity contribution >= 4 is 33.2 Å². The van der Waals surface area contributed by atoms with Crippen LogP contribution in [0, 0.1) is 10.8 Å². The molecule has 8 aromatic rings. The third kappa shape index (κ3) is 10.3. The number of allylic oxidation sites excluding steroid dienone is 2. The smallest absolute Gasteiger partial charge is 0.137 e. The maximum atomic E-state index is 7.19. The van der Waals surface area contributed by atoms with Crippen LogP contribution in [0.15, 0.2) is 163 Å². The molecule has 0 atom stereocenters. The summed E-state index contributed by atoms with van der Waals surface area (Å²) in [6, 6.07) is 54.3. The maximum Gasteiger partial charge on any atom is 0.137 e. The van der Waals surface area contributed by atoms with Gasteiger partial charge >= 0.3 is 0 Å². The van der Waals surface area contributed by atoms with Gasteiger partial charge in [0.1, 0.15) is 17.3 Å². The topological polar surface area (TPSA) is 33.5 Å². The SMILES string of the molecule is CC(C)(C)C1=C(C(C)(C)C)N(c2cc(C(C)(C)c3ccccc3)cc(C(C)(C)c3ccccc3)c2)CN1c1cc(Oc2ccc3c4cc(C(C)(C)C)ccc4n(-c4cc(C(C)(C)C)ccn4)c3c2)cc(C(C)(C)C)c1. The average Bonchev–Trinajstić information content (AvgIpc) is 3.92. The van der Waals surface area contributed by atoms with Gasteiger partial charge in [0.15, 0.2) is 0 Å². The summed E-state index contributed by atoms with van der Waals surface area (Å²) in [5, 5.41) is 2.39. The van der Waals surface area contributed by atoms with Gasteiger partial charge in [-0.2, -0.15) is 0 Å². The van der Waals surface area contributed by atoms with Crippen molar-refractivity contribution < 1.29 is 4.74 Å². The molecule has 2 aromatic heterocycles. The molecular weight excluding hydrogens is 913 g/mol. The van der Waals surface area contributed by atoms with Crippen molar-refractivity contribution in [3.8, 4) is 17.3 Å². The first kappa shape index (κ1) is 53.2. The van der Waals surface area contributed by atoms with E-state index in [1.54, 1.807) is 0 Å². The van der Waals surface area contributed by atoms with E-state index in [1.165, 1.54) is 66.8 Å². The normalized spacial score (nSPS) is 14.4. The molecule has 9 rings (SSSR count). The quantitative estimate of drug-likeness (QED) is 0.144. The molecule has 0 saturated carbocycles. The Hall–Kier alpha value is -6.59. The van der Waals surface area contributed by atoms with Crippen molar-refractivity contribution in [1.82, 2.24) is 9.55 Å². The molecule has 0 N–H and O–H groups in total. The number of hydrogen-bond acceptors (Lipinski definition) is 4. The Labute approximate surface area is 450 Å². The first-order chi connectivity index (χ1) is 34.8. The molecule has 0 spiro atoms. The monoisotopic (exact) mass is 997 g/mol. The maximum absolute atomic E-state index is 7.19. The molecule has 5 heteroatoms. The van der Waals surface area contributed by atoms with Crippen molar-refractivity contribution in [3.05, 3.63) is 202 Å². The van der Waals surface area contributed by atoms with Crippen LogP contribution in [0.1, 0.15) is 170 Å². The lowest BCUT2D eigenvalue weighted by molar-refractivity contribution is 0.444. The lowest BCUT2D eigenvalue weighted by atomic mass is 9.73. The molecule has 390 valence electrons. The predicted octanol–water partition coefficient (Wildman–Crippen LogP) is 19.1. The summed E-state index contributed by atoms with van der Waals surface area (Å²) < 4.78 is 9.52. The zero-order valence-electron chi connectivity index (χ0n) is 48.8. The van der Waals surface area contributed by atoms with Crippen molar-refractivity contribution in [3.63, 3.8) is 0 Å². The Morgan fingerprint density at radius 3 is 1.36 bits per heavy atom. The fourth-order valence-corrected chi connectivity index (χ4v) is 11.2. The first-order valence-electron chi connectivity index (χ1n) is 27.3. The number of benzene rings is 6. The van der Waals surface area contributed by atoms with Crippen LogP contribution >= 0.6 is 0 Å². The highest BCUT2D eigenvalue weighted by Crippen LogP contribution is 2.51. The number of ether oxygens (including phenoxy) is 1. The van der Waals surface area contributed by atoms with E-state index in [9.17, 15) is 0 Å². The van der Waals surface area contributed by atoms with Gasteiger partial charge in [-0.3, -0.25) is 4.57 Å². The van der Waals surface area contributed by atoms with E-state index in [1.807, 2.05) is 6.20 Å². The predicted molar refractivity (Wildman–Crippen MR) is 321 cm³/mol. The Morgan fingerprint density at radius 2 is 0.853 bits per heavy atom. The van der Waals surface area contributed by atoms with E-state index in [-0.39, 0.29) is 37.9 Å². The van der Waals surface area contributed by atoms with Crippen LogP contribution in [0.4, 0.5) is 11.4 Å². The van der Waals surface area contributed by atoms with Crippen LogP contribution in [0.3, 0.4) is 0 Å². The van der Waals surface area contributed by atoms with E-state index >= 15 is 0 Å². The summed E-state index contributed by atoms with van der Waals surface area (Å²) in [5.74, 6) is 2.49. The second kappa shape index (κ2) is 18.6. The van der Waals surface area contributed by atoms with Gasteiger partial charge in [-0.1, -0.05) is 204 Å². The Kier molecular flexibility index (Phi) is 13.2. The molecule has 0 fully saturated rings. The van der Waals surface area contributed by atoms with Gasteiger partial charge in [0, 0.05) is 73.5 Å². The zero-order chi connectivity index (χ0) is 54.4. The van der Waals surface area contributed by atoms with Crippen molar-refractivity contribution in [1.29, 1.82) is 0 Å². The van der Waals surface area contributed by atoms with E-state index < -0.39 is 0 Å². The molecule has 0 unspecified atom stereocenters. The number of anilines is 2. The largest absolute Gasteiger partial charge is 0.457 e. The fourth-order valence-electron chi connectivity index (χ4n) is 11.2. The van der Waals surface area contributed by atoms with Gasteiger partial charge in [-0.05, 0) is 116 Å². The Morgan fingerprint density at radius 1 is 0.360 bits per heavy atom. The van der Waals surface area contributed by atoms with Gasteiger partial charge in [-0.25, -0.2) is 4.98 Å². The van der Waals surface area contributed by atoms with Crippen LogP contribution in [0.2, 0.25) is 0 Å². The van der Waals surface area contributed by atoms with Gasteiger partial charge in [0.25, 0.3) is 0 Å². The van der Waals surface area contributed by atoms with Crippen LogP contribution in [-0.4, -0.2) is 16.2 Å². The number of nitrogens with zero attached hydrogens (tertiary/aromatic N) is 4. The molecule has 0 amide bonds. The van der Waals surface area contributed by atoms with Crippen LogP contribution in [0.25, 0.3) is 27.6 Å². The second-order valence-electron chi connectivity index (χ2n) is 27.7. The highest BCUT2D eigenvalue weighted by atomic mass is 16.5. The summed E-state index contributed by atoms with van der Waals surface area (Å²) in [5.41, 5.74) is 15.0. The number of fused-ring (bicyclic) bond motifs is 3. The zero-order valence-corrected chi connectivity index (χ0v) is 48.8. The number of hydrogen-bond donors (Lipinski definition) is 0. The molecule has 1 aliphatic heterocycles. The lowest BCUT2D eigenvalue weighted by Gasteiger charge is -2.36. The minimum atomic E-state index is -0.260. The Balaban J connectivity index is 1.21. The molecule has 6 aromatic carbocycles. The molecule has 1 aliphatic rings. The van der Waals surface area contributed by atoms with Crippen LogP contribution in [0.5, 0.6) is 11.5 Å². The van der Waals surface area contributed by atoms with Gasteiger partial charge < -0.3 is 14.5 Å². The summed E-state index contributed by atoms with van der Waals surface area (Å²) >= 11 is 0. The molecule has 0 radical (unpaired) electrons. The van der Waals surface area contributed by atoms with Crippen molar-refractivity contribution in [2.75, 3.05) is 16.5 Å². The van der Waals surface area contributed by atoms with E-state index in [4.69, 9.17) is 9.72 Å². The van der Waals surface area contributed by atoms with E-state index in [2.05, 4.69) is 292 Å². The highest BCUT2D eigenvalue weighted by molar-refractivity contribution is 6.09. The standard InChI is InChI=1S/C70H84N4O/c1-64(2,3)48-30-33-59-58(41-48)57-32-31-55(44-60(57)74(59)61-42-49(34-35-71-61)65(4,5)6)75-56-40-50(66(7,8)9)37-54(43-56)73-45-72(62(67(10,11)12)63(73)68(13,14)15)53-38-51(69(16,17)46-26-22-20-23-27-46)36-52(39-53)70(18,19)47-28-24-21-25-29-47/h20-44H,45H2,1-19H3. The molecule has 0 aliphatic carbocycles. The lowest BCUT2D eigenvalue weighted by Crippen LogP contribution is -2.32. The second-order valence-corrected chi connectivity index (χ2v) is 27.7. The van der Waals surface area contributed by atoms with Crippen molar-refractivity contribution in [2.24, 2.45) is 10.8 Å². The van der Waals surface area contributed by atoms with Gasteiger partial charge in [0.2, 0.25) is 0 Å². The summed E-state index contributed by atoms with van der Waals surface area (Å²) in [6.45, 7) is 45.0. The van der Waals surface area contributed by atoms with Crippen molar-refractivity contribution in [2.45, 2.75) is 159 Å². The van der Waals surface area contributed by atoms with Gasteiger partial charge in [-0.15, -0.1) is 0 Å². The minimum Gasteiger partial charge on any atom is -0.457 e. The third-order valence-electron chi connectivity index (χ3n) is 15.9. The highest BCUT2D eigenvalue weighted by Gasteiger charge is 2.43. The summed E-state index contributed by atoms with van der Waals surface area (Å²) in [6.07, 6.45) is 1.95. The average molecular weight is 997 g/mol. The Bertz CT molecular complexity index is 3370. The first-order valence-corrected chi connectivity index (χ1v) is 27.3. The molecular formula is C70H84N4O. The molecule has 3 heterocycles. The van der Waals surface area contributed by atoms with Crippen LogP contribution < -0.4 is 14.5 Å². The fraction of sp³-hybridized carbons (Fsp3) is 0.386. The molecule has 75 heavy (non-hydrogen) atoms. The van der Waals surface area contributed by atoms with E-state index in [0.717, 1.165) is 34.0 Å². The summed E-state index contributed by atoms with van der Waals surface area (Å²) in [4.78, 5) is 10.2. The number of rotatable bonds is 9. The number of pyridine rings is 1.